The fourth-order valence-electron chi connectivity index (χ4n) is 0.677. The standard InChI is InChI=1S/C7H6N2OP.Y/c8-5-6-1-3-7(4-2-6)11(9)10;/h1-4,9-10H;/q-1;. The molecule has 0 aliphatic carbocycles. The monoisotopic (exact) mass is 254 g/mol. The summed E-state index contributed by atoms with van der Waals surface area (Å²) in [4.78, 5) is 8.84. The second kappa shape index (κ2) is 5.75. The molecule has 59 valence electrons. The van der Waals surface area contributed by atoms with Gasteiger partial charge in [0.1, 0.15) is 0 Å². The Morgan fingerprint density at radius 3 is 2.17 bits per heavy atom. The molecule has 0 spiro atoms. The molecule has 3 nitrogen and oxygen atoms in total. The van der Waals surface area contributed by atoms with Crippen molar-refractivity contribution in [2.75, 3.05) is 0 Å². The molecule has 0 aliphatic rings. The Kier molecular flexibility index (Phi) is 5.83. The molecule has 0 saturated carbocycles. The summed E-state index contributed by atoms with van der Waals surface area (Å²) in [6.45, 7) is 0. The van der Waals surface area contributed by atoms with Gasteiger partial charge in [0, 0.05) is 32.7 Å². The second-order valence-corrected chi connectivity index (χ2v) is 3.11. The predicted molar refractivity (Wildman–Crippen MR) is 44.3 cm³/mol. The zero-order valence-electron chi connectivity index (χ0n) is 6.23. The van der Waals surface area contributed by atoms with Crippen LogP contribution in [0, 0.1) is 11.3 Å². The number of hydrogen-bond donors (Lipinski definition) is 1. The first-order valence-electron chi connectivity index (χ1n) is 2.94. The average molecular weight is 254 g/mol. The van der Waals surface area contributed by atoms with Gasteiger partial charge in [-0.2, -0.15) is 5.26 Å². The van der Waals surface area contributed by atoms with Crippen molar-refractivity contribution in [1.29, 1.82) is 5.26 Å². The zero-order valence-corrected chi connectivity index (χ0v) is 9.96. The van der Waals surface area contributed by atoms with Crippen molar-refractivity contribution in [1.82, 2.24) is 0 Å². The van der Waals surface area contributed by atoms with Crippen LogP contribution in [0.3, 0.4) is 0 Å². The molecule has 0 bridgehead atoms. The van der Waals surface area contributed by atoms with Gasteiger partial charge in [0.15, 0.2) is 0 Å². The maximum Gasteiger partial charge on any atom is 0.0991 e. The molecule has 1 aromatic carbocycles. The molecule has 1 atom stereocenters. The van der Waals surface area contributed by atoms with E-state index in [1.807, 2.05) is 6.07 Å². The van der Waals surface area contributed by atoms with Crippen LogP contribution < -0.4 is 5.30 Å². The van der Waals surface area contributed by atoms with Gasteiger partial charge in [0.2, 0.25) is 0 Å². The van der Waals surface area contributed by atoms with Gasteiger partial charge in [-0.25, -0.2) is 0 Å². The van der Waals surface area contributed by atoms with Crippen LogP contribution >= 0.6 is 8.30 Å². The fourth-order valence-corrected chi connectivity index (χ4v) is 1.11. The molecule has 0 fully saturated rings. The van der Waals surface area contributed by atoms with Gasteiger partial charge < -0.3 is 10.4 Å². The topological polar surface area (TPSA) is 67.8 Å². The minimum Gasteiger partial charge on any atom is -0.624 e. The molecule has 2 N–H and O–H groups in total. The molecule has 1 aromatic rings. The van der Waals surface area contributed by atoms with E-state index in [-0.39, 0.29) is 32.7 Å². The van der Waals surface area contributed by atoms with Crippen LogP contribution in [0.1, 0.15) is 5.56 Å². The predicted octanol–water partition coefficient (Wildman–Crippen LogP) is 1.54. The summed E-state index contributed by atoms with van der Waals surface area (Å²) in [6.07, 6.45) is 0. The molecule has 0 amide bonds. The van der Waals surface area contributed by atoms with E-state index in [1.165, 1.54) is 0 Å². The first-order chi connectivity index (χ1) is 5.24. The van der Waals surface area contributed by atoms with Crippen molar-refractivity contribution >= 4 is 13.6 Å². The van der Waals surface area contributed by atoms with Gasteiger partial charge in [-0.05, 0) is 17.4 Å². The van der Waals surface area contributed by atoms with E-state index in [9.17, 15) is 0 Å². The van der Waals surface area contributed by atoms with Crippen molar-refractivity contribution in [3.63, 3.8) is 0 Å². The summed E-state index contributed by atoms with van der Waals surface area (Å²) in [7, 11) is -1.77. The zero-order chi connectivity index (χ0) is 8.27. The molecule has 12 heavy (non-hydrogen) atoms. The van der Waals surface area contributed by atoms with Gasteiger partial charge in [-0.1, -0.05) is 20.4 Å². The maximum absolute atomic E-state index is 8.84. The van der Waals surface area contributed by atoms with Gasteiger partial charge in [0.25, 0.3) is 0 Å². The fraction of sp³-hybridized carbons (Fsp3) is 0. The van der Waals surface area contributed by atoms with Crippen molar-refractivity contribution in [3.05, 3.63) is 35.3 Å². The van der Waals surface area contributed by atoms with Crippen molar-refractivity contribution in [2.45, 2.75) is 0 Å². The SMILES string of the molecule is N#Cc1ccc(P([NH-])O)cc1.[Y]. The third-order valence-electron chi connectivity index (χ3n) is 1.24. The normalized spacial score (nSPS) is 11.1. The Bertz CT molecular complexity index is 280. The first kappa shape index (κ1) is 12.2. The molecule has 1 rings (SSSR count). The Balaban J connectivity index is 0.00000121. The van der Waals surface area contributed by atoms with Gasteiger partial charge in [-0.15, -0.1) is 0 Å². The number of hydrogen-bond acceptors (Lipinski definition) is 2. The quantitative estimate of drug-likeness (QED) is 0.772. The van der Waals surface area contributed by atoms with E-state index in [0.717, 1.165) is 0 Å². The third-order valence-corrected chi connectivity index (χ3v) is 2.03. The number of nitrogens with zero attached hydrogens (tertiary/aromatic N) is 1. The smallest absolute Gasteiger partial charge is 0.0991 e. The summed E-state index contributed by atoms with van der Waals surface area (Å²) in [5.41, 5.74) is 7.53. The van der Waals surface area contributed by atoms with Crippen LogP contribution in [-0.2, 0) is 32.7 Å². The molecular formula is C7H6N2OPY-. The largest absolute Gasteiger partial charge is 0.624 e. The van der Waals surface area contributed by atoms with E-state index in [4.69, 9.17) is 15.7 Å². The van der Waals surface area contributed by atoms with Gasteiger partial charge >= 0.3 is 0 Å². The van der Waals surface area contributed by atoms with Crippen LogP contribution in [0.25, 0.3) is 5.50 Å². The van der Waals surface area contributed by atoms with Crippen LogP contribution in [0.4, 0.5) is 0 Å². The minimum atomic E-state index is -1.77. The second-order valence-electron chi connectivity index (χ2n) is 1.97. The van der Waals surface area contributed by atoms with Crippen LogP contribution in [0.5, 0.6) is 0 Å². The summed E-state index contributed by atoms with van der Waals surface area (Å²) in [6, 6.07) is 8.33. The Hall–Kier alpha value is 0.164. The van der Waals surface area contributed by atoms with E-state index >= 15 is 0 Å². The molecular weight excluding hydrogens is 248 g/mol. The maximum atomic E-state index is 8.84. The van der Waals surface area contributed by atoms with E-state index in [2.05, 4.69) is 0 Å². The van der Waals surface area contributed by atoms with E-state index in [0.29, 0.717) is 10.9 Å². The van der Waals surface area contributed by atoms with Gasteiger partial charge in [-0.3, -0.25) is 0 Å². The summed E-state index contributed by atoms with van der Waals surface area (Å²) in [5.74, 6) is 0. The molecule has 1 unspecified atom stereocenters. The Morgan fingerprint density at radius 2 is 1.83 bits per heavy atom. The average Bonchev–Trinajstić information content (AvgIpc) is 2.05. The third kappa shape index (κ3) is 3.27. The Labute approximate surface area is 97.3 Å². The molecule has 0 aromatic heterocycles. The first-order valence-corrected chi connectivity index (χ1v) is 4.24. The van der Waals surface area contributed by atoms with Crippen LogP contribution in [-0.4, -0.2) is 4.89 Å². The number of nitrogens with one attached hydrogen (secondary N) is 1. The van der Waals surface area contributed by atoms with Crippen molar-refractivity contribution in [3.8, 4) is 6.07 Å². The summed E-state index contributed by atoms with van der Waals surface area (Å²) in [5, 5.41) is 8.98. The summed E-state index contributed by atoms with van der Waals surface area (Å²) >= 11 is 0. The molecule has 5 heteroatoms. The molecule has 0 heterocycles. The van der Waals surface area contributed by atoms with Crippen molar-refractivity contribution in [2.24, 2.45) is 0 Å². The minimum absolute atomic E-state index is 0. The van der Waals surface area contributed by atoms with E-state index < -0.39 is 8.30 Å². The van der Waals surface area contributed by atoms with Gasteiger partial charge in [0.05, 0.1) is 11.6 Å². The Morgan fingerprint density at radius 1 is 1.33 bits per heavy atom. The number of nitriles is 1. The summed E-state index contributed by atoms with van der Waals surface area (Å²) < 4.78 is 0. The van der Waals surface area contributed by atoms with Crippen LogP contribution in [0.15, 0.2) is 24.3 Å². The molecule has 0 aliphatic heterocycles. The number of benzene rings is 1. The van der Waals surface area contributed by atoms with Crippen LogP contribution in [0.2, 0.25) is 0 Å². The van der Waals surface area contributed by atoms with Crippen molar-refractivity contribution < 1.29 is 37.6 Å². The molecule has 1 radical (unpaired) electrons. The van der Waals surface area contributed by atoms with E-state index in [1.54, 1.807) is 24.3 Å². The molecule has 0 saturated heterocycles. The number of rotatable bonds is 1.